The van der Waals surface area contributed by atoms with Gasteiger partial charge in [0.1, 0.15) is 0 Å². The van der Waals surface area contributed by atoms with Gasteiger partial charge in [-0.25, -0.2) is 9.97 Å². The van der Waals surface area contributed by atoms with Crippen LogP contribution in [0.3, 0.4) is 0 Å². The van der Waals surface area contributed by atoms with Crippen molar-refractivity contribution in [2.45, 2.75) is 19.3 Å². The van der Waals surface area contributed by atoms with Crippen LogP contribution in [0.15, 0.2) is 194 Å². The third-order valence-electron chi connectivity index (χ3n) is 12.1. The minimum Gasteiger partial charge on any atom is -0.228 e. The molecular weight excluding hydrogens is 689 g/mol. The number of benzene rings is 9. The van der Waals surface area contributed by atoms with Gasteiger partial charge < -0.3 is 0 Å². The highest BCUT2D eigenvalue weighted by atomic mass is 14.9. The van der Waals surface area contributed by atoms with E-state index >= 15 is 0 Å². The first-order valence-corrected chi connectivity index (χ1v) is 19.7. The summed E-state index contributed by atoms with van der Waals surface area (Å²) in [6.07, 6.45) is 0. The molecule has 0 aliphatic heterocycles. The summed E-state index contributed by atoms with van der Waals surface area (Å²) in [6.45, 7) is 4.68. The zero-order valence-corrected chi connectivity index (χ0v) is 31.9. The number of hydrogen-bond acceptors (Lipinski definition) is 2. The highest BCUT2D eigenvalue weighted by Gasteiger charge is 2.35. The average Bonchev–Trinajstić information content (AvgIpc) is 3.51. The summed E-state index contributed by atoms with van der Waals surface area (Å²) < 4.78 is 0. The maximum atomic E-state index is 5.43. The lowest BCUT2D eigenvalue weighted by Crippen LogP contribution is -2.14. The van der Waals surface area contributed by atoms with Gasteiger partial charge in [-0.2, -0.15) is 0 Å². The molecule has 0 N–H and O–H groups in total. The van der Waals surface area contributed by atoms with Crippen molar-refractivity contribution in [3.63, 3.8) is 0 Å². The highest BCUT2D eigenvalue weighted by Crippen LogP contribution is 2.50. The summed E-state index contributed by atoms with van der Waals surface area (Å²) in [5.74, 6) is 0.706. The normalized spacial score (nSPS) is 12.9. The first kappa shape index (κ1) is 33.2. The van der Waals surface area contributed by atoms with E-state index in [1.165, 1.54) is 76.8 Å². The van der Waals surface area contributed by atoms with Crippen molar-refractivity contribution in [1.82, 2.24) is 9.97 Å². The molecule has 11 rings (SSSR count). The molecular formula is C55H38N2. The Balaban J connectivity index is 1.12. The van der Waals surface area contributed by atoms with Crippen LogP contribution in [0.1, 0.15) is 25.0 Å². The first-order valence-electron chi connectivity index (χ1n) is 19.7. The molecule has 0 spiro atoms. The smallest absolute Gasteiger partial charge is 0.160 e. The van der Waals surface area contributed by atoms with Gasteiger partial charge in [-0.3, -0.25) is 0 Å². The molecule has 0 fully saturated rings. The van der Waals surface area contributed by atoms with Gasteiger partial charge >= 0.3 is 0 Å². The Bertz CT molecular complexity index is 3180. The van der Waals surface area contributed by atoms with Crippen molar-refractivity contribution in [2.24, 2.45) is 0 Å². The number of nitrogens with zero attached hydrogens (tertiary/aromatic N) is 2. The molecule has 0 atom stereocenters. The largest absolute Gasteiger partial charge is 0.228 e. The number of rotatable bonds is 5. The van der Waals surface area contributed by atoms with E-state index in [2.05, 4.69) is 202 Å². The van der Waals surface area contributed by atoms with Crippen LogP contribution in [-0.4, -0.2) is 9.97 Å². The molecule has 0 radical (unpaired) electrons. The fourth-order valence-electron chi connectivity index (χ4n) is 9.29. The van der Waals surface area contributed by atoms with Gasteiger partial charge in [0.15, 0.2) is 5.82 Å². The van der Waals surface area contributed by atoms with E-state index < -0.39 is 0 Å². The average molecular weight is 727 g/mol. The van der Waals surface area contributed by atoms with E-state index in [4.69, 9.17) is 9.97 Å². The number of aromatic nitrogens is 2. The lowest BCUT2D eigenvalue weighted by Gasteiger charge is -2.22. The summed E-state index contributed by atoms with van der Waals surface area (Å²) in [5.41, 5.74) is 15.2. The summed E-state index contributed by atoms with van der Waals surface area (Å²) in [5, 5.41) is 7.19. The SMILES string of the molecule is CC1(C)c2ccccc2-c2ccc(-c3ccc(-c4cc(-c5c6ccccc6c(-c6ccccc6)c6ccc7ccccc7c56)nc(-c5ccccc5)n4)cc3)cc21. The molecule has 1 heterocycles. The topological polar surface area (TPSA) is 25.8 Å². The second-order valence-corrected chi connectivity index (χ2v) is 15.7. The van der Waals surface area contributed by atoms with Crippen LogP contribution in [0, 0.1) is 0 Å². The molecule has 2 heteroatoms. The van der Waals surface area contributed by atoms with Crippen molar-refractivity contribution < 1.29 is 0 Å². The van der Waals surface area contributed by atoms with Gasteiger partial charge in [0, 0.05) is 27.5 Å². The molecule has 0 bridgehead atoms. The summed E-state index contributed by atoms with van der Waals surface area (Å²) >= 11 is 0. The van der Waals surface area contributed by atoms with Gasteiger partial charge in [-0.15, -0.1) is 0 Å². The minimum absolute atomic E-state index is 0.0496. The number of fused-ring (bicyclic) bond motifs is 7. The summed E-state index contributed by atoms with van der Waals surface area (Å²) in [7, 11) is 0. The van der Waals surface area contributed by atoms with Gasteiger partial charge in [0.2, 0.25) is 0 Å². The van der Waals surface area contributed by atoms with Crippen molar-refractivity contribution in [3.05, 3.63) is 205 Å². The fraction of sp³-hybridized carbons (Fsp3) is 0.0545. The van der Waals surface area contributed by atoms with E-state index in [9.17, 15) is 0 Å². The quantitative estimate of drug-likeness (QED) is 0.130. The van der Waals surface area contributed by atoms with Crippen LogP contribution >= 0.6 is 0 Å². The molecule has 1 aliphatic rings. The monoisotopic (exact) mass is 726 g/mol. The van der Waals surface area contributed by atoms with Crippen molar-refractivity contribution >= 4 is 32.3 Å². The predicted octanol–water partition coefficient (Wildman–Crippen LogP) is 14.6. The Hall–Kier alpha value is -7.16. The standard InChI is InChI=1S/C55H38N2/c1-55(2)47-24-14-13-21-42(47)43-31-30-40(33-48(43)55)35-25-27-37(28-26-35)49-34-50(57-54(56-49)39-18-7-4-8-19-39)53-45-23-12-11-22-44(45)51(38-16-5-3-6-17-38)46-32-29-36-15-9-10-20-41(36)52(46)53/h3-34H,1-2H3. The maximum absolute atomic E-state index is 5.43. The molecule has 57 heavy (non-hydrogen) atoms. The molecule has 10 aromatic rings. The predicted molar refractivity (Wildman–Crippen MR) is 239 cm³/mol. The van der Waals surface area contributed by atoms with Gasteiger partial charge in [-0.05, 0) is 83.6 Å². The van der Waals surface area contributed by atoms with Crippen LogP contribution in [0.2, 0.25) is 0 Å². The number of hydrogen-bond donors (Lipinski definition) is 0. The van der Waals surface area contributed by atoms with Crippen LogP contribution in [0.5, 0.6) is 0 Å². The third-order valence-corrected chi connectivity index (χ3v) is 12.1. The van der Waals surface area contributed by atoms with Gasteiger partial charge in [0.25, 0.3) is 0 Å². The molecule has 1 aromatic heterocycles. The second-order valence-electron chi connectivity index (χ2n) is 15.7. The third kappa shape index (κ3) is 5.33. The van der Waals surface area contributed by atoms with Crippen molar-refractivity contribution in [1.29, 1.82) is 0 Å². The van der Waals surface area contributed by atoms with E-state index in [0.29, 0.717) is 5.82 Å². The van der Waals surface area contributed by atoms with E-state index in [0.717, 1.165) is 28.1 Å². The van der Waals surface area contributed by atoms with E-state index in [1.807, 2.05) is 6.07 Å². The highest BCUT2D eigenvalue weighted by molar-refractivity contribution is 6.27. The molecule has 0 saturated heterocycles. The van der Waals surface area contributed by atoms with Crippen molar-refractivity contribution in [2.75, 3.05) is 0 Å². The van der Waals surface area contributed by atoms with Crippen LogP contribution in [0.4, 0.5) is 0 Å². The lowest BCUT2D eigenvalue weighted by atomic mass is 9.81. The Kier molecular flexibility index (Phi) is 7.55. The van der Waals surface area contributed by atoms with Crippen LogP contribution in [-0.2, 0) is 5.41 Å². The zero-order valence-electron chi connectivity index (χ0n) is 31.9. The fourth-order valence-corrected chi connectivity index (χ4v) is 9.29. The minimum atomic E-state index is -0.0496. The molecule has 268 valence electrons. The molecule has 1 aliphatic carbocycles. The van der Waals surface area contributed by atoms with Gasteiger partial charge in [0.05, 0.1) is 11.4 Å². The first-order chi connectivity index (χ1) is 28.0. The Labute approximate surface area is 332 Å². The molecule has 0 saturated carbocycles. The molecule has 0 unspecified atom stereocenters. The van der Waals surface area contributed by atoms with E-state index in [-0.39, 0.29) is 5.41 Å². The second kappa shape index (κ2) is 13.0. The molecule has 9 aromatic carbocycles. The summed E-state index contributed by atoms with van der Waals surface area (Å²) in [4.78, 5) is 10.7. The molecule has 2 nitrogen and oxygen atoms in total. The van der Waals surface area contributed by atoms with Gasteiger partial charge in [-0.1, -0.05) is 196 Å². The zero-order chi connectivity index (χ0) is 38.1. The van der Waals surface area contributed by atoms with Crippen molar-refractivity contribution in [3.8, 4) is 67.3 Å². The Morgan fingerprint density at radius 1 is 0.351 bits per heavy atom. The lowest BCUT2D eigenvalue weighted by molar-refractivity contribution is 0.660. The summed E-state index contributed by atoms with van der Waals surface area (Å²) in [6, 6.07) is 70.1. The van der Waals surface area contributed by atoms with E-state index in [1.54, 1.807) is 0 Å². The Morgan fingerprint density at radius 2 is 0.930 bits per heavy atom. The Morgan fingerprint density at radius 3 is 1.70 bits per heavy atom. The molecule has 0 amide bonds. The maximum Gasteiger partial charge on any atom is 0.160 e. The van der Waals surface area contributed by atoms with Crippen LogP contribution in [0.25, 0.3) is 99.6 Å². The van der Waals surface area contributed by atoms with Crippen LogP contribution < -0.4 is 0 Å².